The van der Waals surface area contributed by atoms with Crippen LogP contribution in [-0.4, -0.2) is 16.1 Å². The number of carbonyl (C=O) groups is 1. The molecular weight excluding hydrogens is 457 g/mol. The van der Waals surface area contributed by atoms with Crippen LogP contribution in [-0.2, 0) is 15.8 Å². The summed E-state index contributed by atoms with van der Waals surface area (Å²) in [6.45, 7) is 0. The standard InChI is InChI=1S/C16H13BrCl3NO2S/c1-24(13-9-5-8-12(17)10-13)21-15(22)23-14(16(18,19)20)11-6-3-2-4-7-11/h2-10,14H,1H3/p+1/t14-,24?/m0/s1. The molecule has 1 N–H and O–H groups in total. The lowest BCUT2D eigenvalue weighted by atomic mass is 10.1. The maximum absolute atomic E-state index is 12.2. The zero-order valence-corrected chi connectivity index (χ0v) is 17.2. The number of nitrogens with one attached hydrogen (secondary N) is 1. The molecule has 0 aromatic heterocycles. The highest BCUT2D eigenvalue weighted by molar-refractivity contribution is 9.10. The van der Waals surface area contributed by atoms with Crippen LogP contribution in [0.3, 0.4) is 0 Å². The summed E-state index contributed by atoms with van der Waals surface area (Å²) in [6.07, 6.45) is 0.208. The van der Waals surface area contributed by atoms with Gasteiger partial charge in [-0.2, -0.15) is 0 Å². The fraction of sp³-hybridized carbons (Fsp3) is 0.188. The monoisotopic (exact) mass is 468 g/mol. The Morgan fingerprint density at radius 3 is 2.42 bits per heavy atom. The quantitative estimate of drug-likeness (QED) is 0.452. The minimum Gasteiger partial charge on any atom is -0.434 e. The Bertz CT molecular complexity index is 697. The summed E-state index contributed by atoms with van der Waals surface area (Å²) in [4.78, 5) is 13.2. The molecular formula is C16H14BrCl3NO2S+. The topological polar surface area (TPSA) is 38.3 Å². The van der Waals surface area contributed by atoms with E-state index in [4.69, 9.17) is 39.5 Å². The largest absolute Gasteiger partial charge is 0.450 e. The third-order valence-corrected chi connectivity index (χ3v) is 5.53. The van der Waals surface area contributed by atoms with Crippen LogP contribution >= 0.6 is 50.7 Å². The van der Waals surface area contributed by atoms with Crippen molar-refractivity contribution in [3.8, 4) is 0 Å². The van der Waals surface area contributed by atoms with Gasteiger partial charge in [-0.25, -0.2) is 4.79 Å². The molecule has 2 rings (SSSR count). The van der Waals surface area contributed by atoms with Crippen molar-refractivity contribution in [1.82, 2.24) is 4.72 Å². The second-order valence-electron chi connectivity index (χ2n) is 4.81. The highest BCUT2D eigenvalue weighted by Gasteiger charge is 2.38. The Morgan fingerprint density at radius 2 is 1.83 bits per heavy atom. The van der Waals surface area contributed by atoms with Gasteiger partial charge in [0.1, 0.15) is 17.3 Å². The Labute approximate surface area is 167 Å². The molecule has 2 aromatic rings. The van der Waals surface area contributed by atoms with E-state index in [2.05, 4.69) is 20.7 Å². The van der Waals surface area contributed by atoms with Crippen molar-refractivity contribution >= 4 is 67.9 Å². The molecule has 24 heavy (non-hydrogen) atoms. The lowest BCUT2D eigenvalue weighted by molar-refractivity contribution is 0.105. The molecule has 1 unspecified atom stereocenters. The third-order valence-electron chi connectivity index (χ3n) is 3.01. The SMILES string of the molecule is C[S+](NC(=O)O[C@@H](c1ccccc1)C(Cl)(Cl)Cl)c1cccc(Br)c1. The van der Waals surface area contributed by atoms with E-state index in [1.807, 2.05) is 36.6 Å². The van der Waals surface area contributed by atoms with Gasteiger partial charge < -0.3 is 4.74 Å². The predicted octanol–water partition coefficient (Wildman–Crippen LogP) is 5.81. The summed E-state index contributed by atoms with van der Waals surface area (Å²) in [6, 6.07) is 16.5. The maximum atomic E-state index is 12.2. The van der Waals surface area contributed by atoms with Crippen LogP contribution in [0.1, 0.15) is 11.7 Å². The van der Waals surface area contributed by atoms with E-state index in [-0.39, 0.29) is 0 Å². The molecule has 0 spiro atoms. The Morgan fingerprint density at radius 1 is 1.17 bits per heavy atom. The van der Waals surface area contributed by atoms with Crippen LogP contribution in [0.15, 0.2) is 64.0 Å². The van der Waals surface area contributed by atoms with Crippen molar-refractivity contribution in [3.63, 3.8) is 0 Å². The molecule has 0 aliphatic heterocycles. The average Bonchev–Trinajstić information content (AvgIpc) is 2.52. The number of amides is 1. The molecule has 3 nitrogen and oxygen atoms in total. The van der Waals surface area contributed by atoms with Gasteiger partial charge in [0.25, 0.3) is 0 Å². The number of hydrogen-bond acceptors (Lipinski definition) is 2. The lowest BCUT2D eigenvalue weighted by Gasteiger charge is -2.24. The van der Waals surface area contributed by atoms with Gasteiger partial charge in [0.05, 0.1) is 0 Å². The van der Waals surface area contributed by atoms with Gasteiger partial charge in [0, 0.05) is 10.5 Å². The minimum atomic E-state index is -1.78. The summed E-state index contributed by atoms with van der Waals surface area (Å²) in [7, 11) is 0. The fourth-order valence-corrected chi connectivity index (χ4v) is 3.99. The second kappa shape index (κ2) is 8.68. The Kier molecular flexibility index (Phi) is 7.13. The molecule has 0 aliphatic carbocycles. The van der Waals surface area contributed by atoms with Gasteiger partial charge in [0.2, 0.25) is 3.79 Å². The zero-order chi connectivity index (χ0) is 17.7. The van der Waals surface area contributed by atoms with Crippen molar-refractivity contribution < 1.29 is 9.53 Å². The highest BCUT2D eigenvalue weighted by Crippen LogP contribution is 2.42. The van der Waals surface area contributed by atoms with Crippen LogP contribution in [0.4, 0.5) is 4.79 Å². The first kappa shape index (κ1) is 19.7. The van der Waals surface area contributed by atoms with Gasteiger partial charge in [-0.05, 0) is 17.7 Å². The van der Waals surface area contributed by atoms with E-state index in [1.54, 1.807) is 24.3 Å². The van der Waals surface area contributed by atoms with Crippen LogP contribution in [0, 0.1) is 0 Å². The first-order valence-corrected chi connectivity index (χ1v) is 10.3. The lowest BCUT2D eigenvalue weighted by Crippen LogP contribution is -2.34. The molecule has 0 bridgehead atoms. The number of benzene rings is 2. The molecule has 0 radical (unpaired) electrons. The molecule has 0 aliphatic rings. The summed E-state index contributed by atoms with van der Waals surface area (Å²) in [5, 5.41) is 0. The zero-order valence-electron chi connectivity index (χ0n) is 12.5. The molecule has 0 fully saturated rings. The number of rotatable bonds is 4. The molecule has 0 saturated carbocycles. The van der Waals surface area contributed by atoms with Crippen molar-refractivity contribution in [2.45, 2.75) is 14.8 Å². The van der Waals surface area contributed by atoms with Gasteiger partial charge in [0.15, 0.2) is 11.0 Å². The van der Waals surface area contributed by atoms with Crippen LogP contribution in [0.5, 0.6) is 0 Å². The summed E-state index contributed by atoms with van der Waals surface area (Å²) in [5.41, 5.74) is 0.603. The van der Waals surface area contributed by atoms with Crippen molar-refractivity contribution in [2.24, 2.45) is 0 Å². The Hall–Kier alpha value is -0.590. The molecule has 0 heterocycles. The van der Waals surface area contributed by atoms with Gasteiger partial charge in [-0.15, -0.1) is 4.72 Å². The molecule has 0 saturated heterocycles. The Balaban J connectivity index is 2.08. The third kappa shape index (κ3) is 5.74. The van der Waals surface area contributed by atoms with Crippen molar-refractivity contribution in [1.29, 1.82) is 0 Å². The van der Waals surface area contributed by atoms with Crippen LogP contribution < -0.4 is 4.72 Å². The fourth-order valence-electron chi connectivity index (χ4n) is 1.92. The smallest absolute Gasteiger partial charge is 0.434 e. The number of hydrogen-bond donors (Lipinski definition) is 1. The number of halogens is 4. The average molecular weight is 471 g/mol. The first-order chi connectivity index (χ1) is 11.3. The van der Waals surface area contributed by atoms with E-state index in [0.717, 1.165) is 9.37 Å². The van der Waals surface area contributed by atoms with Crippen molar-refractivity contribution in [3.05, 3.63) is 64.6 Å². The number of carbonyl (C=O) groups excluding carboxylic acids is 1. The highest BCUT2D eigenvalue weighted by atomic mass is 79.9. The predicted molar refractivity (Wildman–Crippen MR) is 105 cm³/mol. The van der Waals surface area contributed by atoms with Gasteiger partial charge >= 0.3 is 6.09 Å². The van der Waals surface area contributed by atoms with E-state index < -0.39 is 27.1 Å². The molecule has 128 valence electrons. The normalized spacial score (nSPS) is 13.9. The van der Waals surface area contributed by atoms with E-state index >= 15 is 0 Å². The van der Waals surface area contributed by atoms with E-state index in [1.165, 1.54) is 0 Å². The number of ether oxygens (including phenoxy) is 1. The van der Waals surface area contributed by atoms with E-state index in [9.17, 15) is 4.79 Å². The minimum absolute atomic E-state index is 0.557. The van der Waals surface area contributed by atoms with Gasteiger partial charge in [-0.1, -0.05) is 87.1 Å². The summed E-state index contributed by atoms with van der Waals surface area (Å²) >= 11 is 20.8. The maximum Gasteiger partial charge on any atom is 0.450 e. The van der Waals surface area contributed by atoms with Crippen LogP contribution in [0.25, 0.3) is 0 Å². The first-order valence-electron chi connectivity index (χ1n) is 6.78. The summed E-state index contributed by atoms with van der Waals surface area (Å²) in [5.74, 6) is 0. The van der Waals surface area contributed by atoms with Gasteiger partial charge in [-0.3, -0.25) is 0 Å². The molecule has 1 amide bonds. The molecule has 2 atom stereocenters. The molecule has 2 aromatic carbocycles. The van der Waals surface area contributed by atoms with E-state index in [0.29, 0.717) is 5.56 Å². The van der Waals surface area contributed by atoms with Crippen molar-refractivity contribution in [2.75, 3.05) is 6.26 Å². The second-order valence-corrected chi connectivity index (χ2v) is 9.79. The molecule has 8 heteroatoms. The van der Waals surface area contributed by atoms with Crippen LogP contribution in [0.2, 0.25) is 0 Å². The number of alkyl halides is 3. The summed E-state index contributed by atoms with van der Waals surface area (Å²) < 4.78 is 7.29.